The zero-order valence-corrected chi connectivity index (χ0v) is 17.6. The van der Waals surface area contributed by atoms with Crippen LogP contribution in [0, 0.1) is 6.92 Å². The summed E-state index contributed by atoms with van der Waals surface area (Å²) in [4.78, 5) is 19.7. The number of ether oxygens (including phenoxy) is 1. The summed E-state index contributed by atoms with van der Waals surface area (Å²) in [6.07, 6.45) is -3.71. The predicted octanol–water partition coefficient (Wildman–Crippen LogP) is 5.13. The van der Waals surface area contributed by atoms with E-state index in [1.165, 1.54) is 11.1 Å². The van der Waals surface area contributed by atoms with Gasteiger partial charge in [0.2, 0.25) is 0 Å². The van der Waals surface area contributed by atoms with Crippen molar-refractivity contribution >= 4 is 11.8 Å². The Hall–Kier alpha value is -2.77. The van der Waals surface area contributed by atoms with Crippen molar-refractivity contribution in [2.45, 2.75) is 39.5 Å². The number of amides is 1. The summed E-state index contributed by atoms with van der Waals surface area (Å²) >= 11 is 0. The average Bonchev–Trinajstić information content (AvgIpc) is 2.66. The van der Waals surface area contributed by atoms with Crippen LogP contribution in [0.4, 0.5) is 23.7 Å². The molecule has 0 unspecified atom stereocenters. The van der Waals surface area contributed by atoms with Gasteiger partial charge in [0, 0.05) is 37.9 Å². The summed E-state index contributed by atoms with van der Waals surface area (Å²) in [5.74, 6) is 0. The van der Waals surface area contributed by atoms with Gasteiger partial charge in [-0.25, -0.2) is 4.79 Å². The van der Waals surface area contributed by atoms with E-state index in [9.17, 15) is 18.0 Å². The van der Waals surface area contributed by atoms with Crippen LogP contribution in [0.25, 0.3) is 11.1 Å². The molecule has 1 aliphatic heterocycles. The molecule has 0 aliphatic carbocycles. The number of alkyl halides is 3. The normalized spacial score (nSPS) is 15.3. The van der Waals surface area contributed by atoms with Gasteiger partial charge < -0.3 is 14.5 Å². The molecule has 0 saturated carbocycles. The molecular formula is C22H26F3N3O2. The Morgan fingerprint density at radius 3 is 2.17 bits per heavy atom. The minimum absolute atomic E-state index is 0.0540. The molecule has 0 bridgehead atoms. The molecule has 2 heterocycles. The number of aromatic nitrogens is 1. The third kappa shape index (κ3) is 4.86. The van der Waals surface area contributed by atoms with E-state index in [0.29, 0.717) is 11.3 Å². The fourth-order valence-corrected chi connectivity index (χ4v) is 3.55. The van der Waals surface area contributed by atoms with E-state index < -0.39 is 23.4 Å². The molecule has 0 N–H and O–H groups in total. The van der Waals surface area contributed by atoms with Gasteiger partial charge in [0.05, 0.1) is 16.9 Å². The lowest BCUT2D eigenvalue weighted by Crippen LogP contribution is -2.50. The molecule has 5 nitrogen and oxygen atoms in total. The van der Waals surface area contributed by atoms with Crippen molar-refractivity contribution in [1.29, 1.82) is 0 Å². The lowest BCUT2D eigenvalue weighted by molar-refractivity contribution is -0.136. The Labute approximate surface area is 174 Å². The number of halogens is 3. The van der Waals surface area contributed by atoms with Crippen molar-refractivity contribution in [3.63, 3.8) is 0 Å². The number of benzene rings is 1. The zero-order chi connectivity index (χ0) is 22.1. The molecule has 0 spiro atoms. The number of rotatable bonds is 2. The van der Waals surface area contributed by atoms with E-state index in [2.05, 4.69) is 4.98 Å². The van der Waals surface area contributed by atoms with Gasteiger partial charge in [-0.3, -0.25) is 4.98 Å². The van der Waals surface area contributed by atoms with Crippen LogP contribution < -0.4 is 4.90 Å². The highest BCUT2D eigenvalue weighted by Gasteiger charge is 2.40. The number of aryl methyl sites for hydroxylation is 1. The lowest BCUT2D eigenvalue weighted by atomic mass is 9.98. The van der Waals surface area contributed by atoms with Crippen LogP contribution in [0.3, 0.4) is 0 Å². The van der Waals surface area contributed by atoms with E-state index in [0.717, 1.165) is 0 Å². The lowest BCUT2D eigenvalue weighted by Gasteiger charge is -2.38. The SMILES string of the molecule is Cc1ncc(-c2ccccc2)c(C(F)(F)F)c1N1CCN(C(=O)OC(C)(C)C)CC1. The second-order valence-electron chi connectivity index (χ2n) is 8.30. The highest BCUT2D eigenvalue weighted by molar-refractivity contribution is 5.76. The minimum Gasteiger partial charge on any atom is -0.444 e. The second-order valence-corrected chi connectivity index (χ2v) is 8.30. The monoisotopic (exact) mass is 421 g/mol. The highest BCUT2D eigenvalue weighted by atomic mass is 19.4. The van der Waals surface area contributed by atoms with Crippen molar-refractivity contribution < 1.29 is 22.7 Å². The number of nitrogens with zero attached hydrogens (tertiary/aromatic N) is 3. The average molecular weight is 421 g/mol. The van der Waals surface area contributed by atoms with Crippen molar-refractivity contribution in [1.82, 2.24) is 9.88 Å². The largest absolute Gasteiger partial charge is 0.444 e. The molecule has 8 heteroatoms. The van der Waals surface area contributed by atoms with E-state index in [1.54, 1.807) is 62.9 Å². The van der Waals surface area contributed by atoms with E-state index in [4.69, 9.17) is 4.74 Å². The fraction of sp³-hybridized carbons (Fsp3) is 0.455. The van der Waals surface area contributed by atoms with Gasteiger partial charge in [0.15, 0.2) is 0 Å². The molecule has 162 valence electrons. The maximum atomic E-state index is 14.2. The van der Waals surface area contributed by atoms with Crippen molar-refractivity contribution in [3.05, 3.63) is 47.8 Å². The van der Waals surface area contributed by atoms with Crippen LogP contribution in [0.15, 0.2) is 36.5 Å². The maximum absolute atomic E-state index is 14.2. The predicted molar refractivity (Wildman–Crippen MR) is 109 cm³/mol. The Balaban J connectivity index is 1.93. The van der Waals surface area contributed by atoms with E-state index in [-0.39, 0.29) is 37.4 Å². The first-order valence-electron chi connectivity index (χ1n) is 9.82. The maximum Gasteiger partial charge on any atom is 0.419 e. The number of carbonyl (C=O) groups is 1. The molecule has 3 rings (SSSR count). The minimum atomic E-state index is -4.55. The third-order valence-corrected chi connectivity index (χ3v) is 4.85. The molecule has 0 atom stereocenters. The summed E-state index contributed by atoms with van der Waals surface area (Å²) in [5.41, 5.74) is -0.404. The molecule has 1 amide bonds. The molecule has 1 saturated heterocycles. The molecule has 1 aromatic carbocycles. The van der Waals surface area contributed by atoms with Crippen LogP contribution in [0.2, 0.25) is 0 Å². The molecular weight excluding hydrogens is 395 g/mol. The van der Waals surface area contributed by atoms with Gasteiger partial charge in [-0.05, 0) is 33.3 Å². The van der Waals surface area contributed by atoms with Gasteiger partial charge in [-0.1, -0.05) is 30.3 Å². The second kappa shape index (κ2) is 8.16. The summed E-state index contributed by atoms with van der Waals surface area (Å²) in [5, 5.41) is 0. The first-order valence-corrected chi connectivity index (χ1v) is 9.82. The zero-order valence-electron chi connectivity index (χ0n) is 17.6. The van der Waals surface area contributed by atoms with Crippen LogP contribution in [-0.2, 0) is 10.9 Å². The van der Waals surface area contributed by atoms with Gasteiger partial charge in [-0.15, -0.1) is 0 Å². The summed E-state index contributed by atoms with van der Waals surface area (Å²) in [6, 6.07) is 8.45. The first-order chi connectivity index (χ1) is 14.0. The van der Waals surface area contributed by atoms with Crippen LogP contribution in [0.5, 0.6) is 0 Å². The Morgan fingerprint density at radius 1 is 1.03 bits per heavy atom. The van der Waals surface area contributed by atoms with E-state index >= 15 is 0 Å². The van der Waals surface area contributed by atoms with Gasteiger partial charge in [0.1, 0.15) is 5.60 Å². The first kappa shape index (κ1) is 21.9. The van der Waals surface area contributed by atoms with Gasteiger partial charge in [0.25, 0.3) is 0 Å². The highest BCUT2D eigenvalue weighted by Crippen LogP contribution is 2.44. The Bertz CT molecular complexity index is 900. The number of carbonyl (C=O) groups excluding carboxylic acids is 1. The van der Waals surface area contributed by atoms with Crippen molar-refractivity contribution in [2.24, 2.45) is 0 Å². The molecule has 0 radical (unpaired) electrons. The Morgan fingerprint density at radius 2 is 1.63 bits per heavy atom. The Kier molecular flexibility index (Phi) is 5.97. The van der Waals surface area contributed by atoms with Crippen molar-refractivity contribution in [3.8, 4) is 11.1 Å². The van der Waals surface area contributed by atoms with Crippen LogP contribution in [0.1, 0.15) is 32.0 Å². The van der Waals surface area contributed by atoms with Gasteiger partial charge >= 0.3 is 12.3 Å². The smallest absolute Gasteiger partial charge is 0.419 e. The van der Waals surface area contributed by atoms with E-state index in [1.807, 2.05) is 0 Å². The number of hydrogen-bond acceptors (Lipinski definition) is 4. The molecule has 30 heavy (non-hydrogen) atoms. The quantitative estimate of drug-likeness (QED) is 0.674. The van der Waals surface area contributed by atoms with Crippen LogP contribution in [-0.4, -0.2) is 47.8 Å². The summed E-state index contributed by atoms with van der Waals surface area (Å²) in [6.45, 7) is 8.01. The molecule has 1 fully saturated rings. The standard InChI is InChI=1S/C22H26F3N3O2/c1-15-19(27-10-12-28(13-11-27)20(29)30-21(2,3)4)18(22(23,24)25)17(14-26-15)16-8-6-5-7-9-16/h5-9,14H,10-13H2,1-4H3. The fourth-order valence-electron chi connectivity index (χ4n) is 3.55. The van der Waals surface area contributed by atoms with Crippen molar-refractivity contribution in [2.75, 3.05) is 31.1 Å². The number of piperazine rings is 1. The molecule has 1 aromatic heterocycles. The number of hydrogen-bond donors (Lipinski definition) is 0. The third-order valence-electron chi connectivity index (χ3n) is 4.85. The topological polar surface area (TPSA) is 45.7 Å². The number of anilines is 1. The summed E-state index contributed by atoms with van der Waals surface area (Å²) in [7, 11) is 0. The molecule has 1 aliphatic rings. The number of pyridine rings is 1. The molecule has 2 aromatic rings. The van der Waals surface area contributed by atoms with Crippen LogP contribution >= 0.6 is 0 Å². The summed E-state index contributed by atoms with van der Waals surface area (Å²) < 4.78 is 47.9. The van der Waals surface area contributed by atoms with Gasteiger partial charge in [-0.2, -0.15) is 13.2 Å².